The third-order valence-electron chi connectivity index (χ3n) is 2.97. The fourth-order valence-corrected chi connectivity index (χ4v) is 2.32. The molecule has 3 heteroatoms. The van der Waals surface area contributed by atoms with Crippen LogP contribution in [0.5, 0.6) is 0 Å². The summed E-state index contributed by atoms with van der Waals surface area (Å²) in [7, 11) is 0. The lowest BCUT2D eigenvalue weighted by atomic mass is 9.85. The first-order valence-electron chi connectivity index (χ1n) is 4.65. The molecule has 68 valence electrons. The second-order valence-electron chi connectivity index (χ2n) is 3.78. The van der Waals surface area contributed by atoms with E-state index >= 15 is 0 Å². The van der Waals surface area contributed by atoms with Crippen molar-refractivity contribution in [3.63, 3.8) is 0 Å². The summed E-state index contributed by atoms with van der Waals surface area (Å²) in [6.07, 6.45) is 5.14. The van der Waals surface area contributed by atoms with Gasteiger partial charge in [-0.2, -0.15) is 0 Å². The first-order chi connectivity index (χ1) is 5.77. The van der Waals surface area contributed by atoms with Crippen LogP contribution >= 0.6 is 0 Å². The molecule has 1 aliphatic heterocycles. The van der Waals surface area contributed by atoms with Crippen LogP contribution in [0.25, 0.3) is 0 Å². The van der Waals surface area contributed by atoms with E-state index in [1.54, 1.807) is 0 Å². The highest BCUT2D eigenvalue weighted by Crippen LogP contribution is 2.37. The number of aliphatic carboxylic acids is 1. The smallest absolute Gasteiger partial charge is 0.332 e. The van der Waals surface area contributed by atoms with Gasteiger partial charge in [-0.25, -0.2) is 4.79 Å². The normalized spacial score (nSPS) is 40.8. The summed E-state index contributed by atoms with van der Waals surface area (Å²) >= 11 is 0. The fourth-order valence-electron chi connectivity index (χ4n) is 2.32. The maximum absolute atomic E-state index is 10.6. The molecule has 0 spiro atoms. The molecule has 0 aromatic carbocycles. The lowest BCUT2D eigenvalue weighted by Gasteiger charge is -2.22. The van der Waals surface area contributed by atoms with Crippen LogP contribution in [0.4, 0.5) is 0 Å². The number of carbonyl (C=O) groups is 1. The molecule has 0 aromatic heterocycles. The highest BCUT2D eigenvalue weighted by atomic mass is 16.5. The molecule has 1 saturated carbocycles. The maximum Gasteiger partial charge on any atom is 0.332 e. The average molecular weight is 170 g/mol. The number of rotatable bonds is 1. The van der Waals surface area contributed by atoms with Gasteiger partial charge in [-0.3, -0.25) is 0 Å². The number of hydrogen-bond donors (Lipinski definition) is 1. The van der Waals surface area contributed by atoms with Gasteiger partial charge in [0.25, 0.3) is 0 Å². The SMILES string of the molecule is O=C(O)C1C[C@@H]2CCCC[C@H]2O1. The van der Waals surface area contributed by atoms with Crippen LogP contribution in [0.2, 0.25) is 0 Å². The predicted octanol–water partition coefficient (Wildman–Crippen LogP) is 1.42. The minimum absolute atomic E-state index is 0.250. The van der Waals surface area contributed by atoms with E-state index < -0.39 is 12.1 Å². The van der Waals surface area contributed by atoms with Gasteiger partial charge in [0.05, 0.1) is 6.10 Å². The summed E-state index contributed by atoms with van der Waals surface area (Å²) in [6, 6.07) is 0. The van der Waals surface area contributed by atoms with Gasteiger partial charge < -0.3 is 9.84 Å². The summed E-state index contributed by atoms with van der Waals surface area (Å²) in [4.78, 5) is 10.6. The van der Waals surface area contributed by atoms with Gasteiger partial charge in [0, 0.05) is 0 Å². The summed E-state index contributed by atoms with van der Waals surface area (Å²) in [5.74, 6) is -0.260. The Morgan fingerprint density at radius 3 is 2.75 bits per heavy atom. The Kier molecular flexibility index (Phi) is 2.05. The lowest BCUT2D eigenvalue weighted by molar-refractivity contribution is -0.149. The minimum Gasteiger partial charge on any atom is -0.479 e. The highest BCUT2D eigenvalue weighted by molar-refractivity contribution is 5.72. The van der Waals surface area contributed by atoms with Crippen molar-refractivity contribution in [2.45, 2.75) is 44.3 Å². The molecule has 1 aliphatic carbocycles. The monoisotopic (exact) mass is 170 g/mol. The molecule has 12 heavy (non-hydrogen) atoms. The molecule has 2 aliphatic rings. The van der Waals surface area contributed by atoms with E-state index in [4.69, 9.17) is 9.84 Å². The molecule has 2 fully saturated rings. The molecule has 3 atom stereocenters. The molecule has 0 amide bonds. The topological polar surface area (TPSA) is 46.5 Å². The summed E-state index contributed by atoms with van der Waals surface area (Å²) in [5, 5.41) is 8.74. The Morgan fingerprint density at radius 2 is 2.08 bits per heavy atom. The zero-order chi connectivity index (χ0) is 8.55. The zero-order valence-corrected chi connectivity index (χ0v) is 7.03. The Morgan fingerprint density at radius 1 is 1.33 bits per heavy atom. The first-order valence-corrected chi connectivity index (χ1v) is 4.65. The molecule has 1 N–H and O–H groups in total. The van der Waals surface area contributed by atoms with Crippen LogP contribution in [0, 0.1) is 5.92 Å². The number of carboxylic acid groups (broad SMARTS) is 1. The minimum atomic E-state index is -0.788. The number of fused-ring (bicyclic) bond motifs is 1. The van der Waals surface area contributed by atoms with Gasteiger partial charge in [-0.15, -0.1) is 0 Å². The summed E-state index contributed by atoms with van der Waals surface area (Å²) in [5.41, 5.74) is 0. The highest BCUT2D eigenvalue weighted by Gasteiger charge is 2.39. The maximum atomic E-state index is 10.6. The number of carboxylic acids is 1. The Labute approximate surface area is 71.7 Å². The Hall–Kier alpha value is -0.570. The van der Waals surface area contributed by atoms with E-state index in [0.29, 0.717) is 5.92 Å². The van der Waals surface area contributed by atoms with Crippen molar-refractivity contribution in [2.75, 3.05) is 0 Å². The van der Waals surface area contributed by atoms with E-state index in [9.17, 15) is 4.79 Å². The number of hydrogen-bond acceptors (Lipinski definition) is 2. The molecule has 0 bridgehead atoms. The fraction of sp³-hybridized carbons (Fsp3) is 0.889. The van der Waals surface area contributed by atoms with E-state index in [-0.39, 0.29) is 6.10 Å². The predicted molar refractivity (Wildman–Crippen MR) is 42.9 cm³/mol. The van der Waals surface area contributed by atoms with Crippen molar-refractivity contribution in [2.24, 2.45) is 5.92 Å². The second-order valence-corrected chi connectivity index (χ2v) is 3.78. The molecular weight excluding hydrogens is 156 g/mol. The van der Waals surface area contributed by atoms with E-state index in [1.807, 2.05) is 0 Å². The average Bonchev–Trinajstić information content (AvgIpc) is 2.46. The van der Waals surface area contributed by atoms with Crippen molar-refractivity contribution >= 4 is 5.97 Å². The van der Waals surface area contributed by atoms with E-state index in [0.717, 1.165) is 19.3 Å². The van der Waals surface area contributed by atoms with Gasteiger partial charge in [0.1, 0.15) is 0 Å². The molecule has 0 aromatic rings. The van der Waals surface area contributed by atoms with Gasteiger partial charge in [-0.1, -0.05) is 12.8 Å². The van der Waals surface area contributed by atoms with Crippen molar-refractivity contribution < 1.29 is 14.6 Å². The Balaban J connectivity index is 1.98. The molecule has 1 heterocycles. The van der Waals surface area contributed by atoms with Gasteiger partial charge in [-0.05, 0) is 25.2 Å². The third kappa shape index (κ3) is 1.33. The van der Waals surface area contributed by atoms with Crippen LogP contribution in [-0.2, 0) is 9.53 Å². The zero-order valence-electron chi connectivity index (χ0n) is 7.03. The molecule has 2 rings (SSSR count). The third-order valence-corrected chi connectivity index (χ3v) is 2.97. The van der Waals surface area contributed by atoms with Crippen LogP contribution in [0.15, 0.2) is 0 Å². The number of ether oxygens (including phenoxy) is 1. The van der Waals surface area contributed by atoms with Gasteiger partial charge in [0.2, 0.25) is 0 Å². The van der Waals surface area contributed by atoms with Crippen LogP contribution < -0.4 is 0 Å². The standard InChI is InChI=1S/C9H14O3/c10-9(11)8-5-6-3-1-2-4-7(6)12-8/h6-8H,1-5H2,(H,10,11)/t6-,7+,8?/m0/s1. The van der Waals surface area contributed by atoms with Crippen molar-refractivity contribution in [3.8, 4) is 0 Å². The summed E-state index contributed by atoms with van der Waals surface area (Å²) in [6.45, 7) is 0. The second kappa shape index (κ2) is 3.05. The lowest BCUT2D eigenvalue weighted by Crippen LogP contribution is -2.22. The van der Waals surface area contributed by atoms with E-state index in [1.165, 1.54) is 12.8 Å². The Bertz CT molecular complexity index is 176. The van der Waals surface area contributed by atoms with Crippen LogP contribution in [-0.4, -0.2) is 23.3 Å². The molecule has 0 radical (unpaired) electrons. The molecule has 1 unspecified atom stereocenters. The van der Waals surface area contributed by atoms with Crippen LogP contribution in [0.1, 0.15) is 32.1 Å². The first kappa shape index (κ1) is 8.05. The van der Waals surface area contributed by atoms with E-state index in [2.05, 4.69) is 0 Å². The van der Waals surface area contributed by atoms with Gasteiger partial charge in [0.15, 0.2) is 6.10 Å². The van der Waals surface area contributed by atoms with Gasteiger partial charge >= 0.3 is 5.97 Å². The largest absolute Gasteiger partial charge is 0.479 e. The quantitative estimate of drug-likeness (QED) is 0.647. The van der Waals surface area contributed by atoms with Crippen molar-refractivity contribution in [3.05, 3.63) is 0 Å². The summed E-state index contributed by atoms with van der Waals surface area (Å²) < 4.78 is 5.43. The molecule has 3 nitrogen and oxygen atoms in total. The molecular formula is C9H14O3. The van der Waals surface area contributed by atoms with Crippen LogP contribution in [0.3, 0.4) is 0 Å². The molecule has 1 saturated heterocycles. The van der Waals surface area contributed by atoms with Crippen molar-refractivity contribution in [1.29, 1.82) is 0 Å². The van der Waals surface area contributed by atoms with Crippen molar-refractivity contribution in [1.82, 2.24) is 0 Å².